The molecule has 2 N–H and O–H groups in total. The third kappa shape index (κ3) is 4.87. The lowest BCUT2D eigenvalue weighted by Gasteiger charge is -2.16. The number of amides is 3. The van der Waals surface area contributed by atoms with E-state index in [0.717, 1.165) is 28.0 Å². The minimum Gasteiger partial charge on any atom is -0.352 e. The first-order valence-electron chi connectivity index (χ1n) is 10.9. The first-order valence-corrected chi connectivity index (χ1v) is 11.3. The molecule has 1 aliphatic rings. The lowest BCUT2D eigenvalue weighted by Crippen LogP contribution is -2.32. The lowest BCUT2D eigenvalue weighted by molar-refractivity contribution is -0.120. The van der Waals surface area contributed by atoms with Crippen molar-refractivity contribution in [3.05, 3.63) is 106 Å². The fourth-order valence-electron chi connectivity index (χ4n) is 3.64. The summed E-state index contributed by atoms with van der Waals surface area (Å²) in [6.45, 7) is 4.26. The first-order chi connectivity index (χ1) is 16.3. The molecule has 1 heterocycles. The molecule has 0 saturated carbocycles. The van der Waals surface area contributed by atoms with Crippen molar-refractivity contribution in [3.63, 3.8) is 0 Å². The van der Waals surface area contributed by atoms with Crippen LogP contribution in [0.1, 0.15) is 27.0 Å². The second-order valence-corrected chi connectivity index (χ2v) is 8.49. The van der Waals surface area contributed by atoms with E-state index in [9.17, 15) is 14.4 Å². The van der Waals surface area contributed by atoms with Crippen molar-refractivity contribution in [2.45, 2.75) is 20.3 Å². The Kier molecular flexibility index (Phi) is 6.80. The fraction of sp³-hybridized carbons (Fsp3) is 0.148. The predicted octanol–water partition coefficient (Wildman–Crippen LogP) is 4.71. The zero-order chi connectivity index (χ0) is 24.2. The van der Waals surface area contributed by atoms with Gasteiger partial charge in [0.05, 0.1) is 5.69 Å². The molecule has 0 aliphatic carbocycles. The van der Waals surface area contributed by atoms with Crippen molar-refractivity contribution >= 4 is 40.7 Å². The summed E-state index contributed by atoms with van der Waals surface area (Å²) < 4.78 is 0. The number of halogens is 1. The number of nitrogens with zero attached hydrogens (tertiary/aromatic N) is 1. The number of benzene rings is 3. The van der Waals surface area contributed by atoms with Crippen molar-refractivity contribution < 1.29 is 14.4 Å². The van der Waals surface area contributed by atoms with Gasteiger partial charge in [-0.3, -0.25) is 14.4 Å². The van der Waals surface area contributed by atoms with Gasteiger partial charge in [0.1, 0.15) is 10.7 Å². The maximum absolute atomic E-state index is 13.0. The number of carbonyl (C=O) groups excluding carboxylic acids is 3. The summed E-state index contributed by atoms with van der Waals surface area (Å²) in [6.07, 6.45) is 0.720. The molecular weight excluding hydrogens is 450 g/mol. The summed E-state index contributed by atoms with van der Waals surface area (Å²) in [5.74, 6) is -1.37. The molecule has 4 rings (SSSR count). The summed E-state index contributed by atoms with van der Waals surface area (Å²) in [6, 6.07) is 22.1. The minimum absolute atomic E-state index is 0.0167. The Morgan fingerprint density at radius 1 is 0.912 bits per heavy atom. The smallest absolute Gasteiger partial charge is 0.283 e. The molecule has 172 valence electrons. The van der Waals surface area contributed by atoms with Crippen LogP contribution in [0.5, 0.6) is 0 Å². The van der Waals surface area contributed by atoms with Crippen LogP contribution in [0.2, 0.25) is 0 Å². The van der Waals surface area contributed by atoms with Gasteiger partial charge in [0.15, 0.2) is 0 Å². The van der Waals surface area contributed by atoms with E-state index in [1.165, 1.54) is 0 Å². The molecular formula is C27H24ClN3O3. The molecule has 0 radical (unpaired) electrons. The van der Waals surface area contributed by atoms with Crippen LogP contribution in [-0.2, 0) is 16.0 Å². The highest BCUT2D eigenvalue weighted by atomic mass is 35.5. The highest BCUT2D eigenvalue weighted by Crippen LogP contribution is 2.31. The molecule has 6 nitrogen and oxygen atoms in total. The zero-order valence-electron chi connectivity index (χ0n) is 18.9. The van der Waals surface area contributed by atoms with Crippen molar-refractivity contribution in [2.75, 3.05) is 16.8 Å². The van der Waals surface area contributed by atoms with E-state index in [-0.39, 0.29) is 16.6 Å². The molecule has 0 bridgehead atoms. The Hall–Kier alpha value is -3.90. The van der Waals surface area contributed by atoms with Gasteiger partial charge in [0.2, 0.25) is 0 Å². The summed E-state index contributed by atoms with van der Waals surface area (Å²) in [7, 11) is 0. The van der Waals surface area contributed by atoms with Gasteiger partial charge >= 0.3 is 0 Å². The predicted molar refractivity (Wildman–Crippen MR) is 134 cm³/mol. The maximum atomic E-state index is 13.0. The molecule has 0 atom stereocenters. The van der Waals surface area contributed by atoms with E-state index in [0.29, 0.717) is 23.5 Å². The number of carbonyl (C=O) groups is 3. The second-order valence-electron chi connectivity index (χ2n) is 8.12. The molecule has 0 saturated heterocycles. The van der Waals surface area contributed by atoms with E-state index in [1.807, 2.05) is 56.3 Å². The quantitative estimate of drug-likeness (QED) is 0.487. The summed E-state index contributed by atoms with van der Waals surface area (Å²) in [5.41, 5.74) is 4.33. The third-order valence-electron chi connectivity index (χ3n) is 5.62. The zero-order valence-corrected chi connectivity index (χ0v) is 19.6. The van der Waals surface area contributed by atoms with Crippen LogP contribution in [0.3, 0.4) is 0 Å². The Bertz CT molecular complexity index is 1280. The SMILES string of the molecule is Cc1ccc(N2C(=O)C(Cl)=C(Nc3cc(C(=O)NCCc4ccccc4)ccc3C)C2=O)cc1. The number of hydrogen-bond acceptors (Lipinski definition) is 4. The highest BCUT2D eigenvalue weighted by molar-refractivity contribution is 6.53. The molecule has 3 aromatic carbocycles. The first kappa shape index (κ1) is 23.3. The Morgan fingerprint density at radius 2 is 1.62 bits per heavy atom. The van der Waals surface area contributed by atoms with Crippen LogP contribution >= 0.6 is 11.6 Å². The molecule has 3 amide bonds. The van der Waals surface area contributed by atoms with E-state index in [4.69, 9.17) is 11.6 Å². The lowest BCUT2D eigenvalue weighted by atomic mass is 10.1. The molecule has 34 heavy (non-hydrogen) atoms. The van der Waals surface area contributed by atoms with Crippen LogP contribution in [0, 0.1) is 13.8 Å². The van der Waals surface area contributed by atoms with Crippen LogP contribution in [-0.4, -0.2) is 24.3 Å². The summed E-state index contributed by atoms with van der Waals surface area (Å²) in [4.78, 5) is 39.5. The van der Waals surface area contributed by atoms with Crippen molar-refractivity contribution in [3.8, 4) is 0 Å². The minimum atomic E-state index is -0.592. The van der Waals surface area contributed by atoms with Crippen LogP contribution in [0.4, 0.5) is 11.4 Å². The van der Waals surface area contributed by atoms with Gasteiger partial charge in [-0.1, -0.05) is 65.7 Å². The topological polar surface area (TPSA) is 78.5 Å². The van der Waals surface area contributed by atoms with E-state index < -0.39 is 11.8 Å². The fourth-order valence-corrected chi connectivity index (χ4v) is 3.85. The van der Waals surface area contributed by atoms with Crippen LogP contribution in [0.15, 0.2) is 83.5 Å². The normalized spacial score (nSPS) is 13.4. The molecule has 0 unspecified atom stereocenters. The number of hydrogen-bond donors (Lipinski definition) is 2. The number of aryl methyl sites for hydroxylation is 2. The highest BCUT2D eigenvalue weighted by Gasteiger charge is 2.39. The molecule has 0 spiro atoms. The van der Waals surface area contributed by atoms with E-state index in [1.54, 1.807) is 30.3 Å². The molecule has 3 aromatic rings. The third-order valence-corrected chi connectivity index (χ3v) is 5.97. The maximum Gasteiger partial charge on any atom is 0.283 e. The van der Waals surface area contributed by atoms with E-state index >= 15 is 0 Å². The number of nitrogens with one attached hydrogen (secondary N) is 2. The van der Waals surface area contributed by atoms with Crippen molar-refractivity contribution in [1.29, 1.82) is 0 Å². The molecule has 7 heteroatoms. The van der Waals surface area contributed by atoms with E-state index in [2.05, 4.69) is 10.6 Å². The second kappa shape index (κ2) is 9.93. The van der Waals surface area contributed by atoms with Gasteiger partial charge < -0.3 is 10.6 Å². The Balaban J connectivity index is 1.48. The average Bonchev–Trinajstić information content (AvgIpc) is 3.04. The summed E-state index contributed by atoms with van der Waals surface area (Å²) >= 11 is 6.26. The van der Waals surface area contributed by atoms with Gasteiger partial charge in [-0.05, 0) is 55.7 Å². The largest absolute Gasteiger partial charge is 0.352 e. The standard InChI is InChI=1S/C27H24ClN3O3/c1-17-8-12-21(13-9-17)31-26(33)23(28)24(27(31)34)30-22-16-20(11-10-18(22)2)25(32)29-15-14-19-6-4-3-5-7-19/h3-13,16,30H,14-15H2,1-2H3,(H,29,32). The van der Waals surface area contributed by atoms with Gasteiger partial charge in [-0.2, -0.15) is 0 Å². The molecule has 1 aliphatic heterocycles. The van der Waals surface area contributed by atoms with Crippen LogP contribution in [0.25, 0.3) is 0 Å². The number of anilines is 2. The number of rotatable bonds is 7. The average molecular weight is 474 g/mol. The van der Waals surface area contributed by atoms with Crippen LogP contribution < -0.4 is 15.5 Å². The number of imide groups is 1. The Labute approximate surface area is 203 Å². The van der Waals surface area contributed by atoms with Gasteiger partial charge in [-0.15, -0.1) is 0 Å². The van der Waals surface area contributed by atoms with Crippen molar-refractivity contribution in [2.24, 2.45) is 0 Å². The van der Waals surface area contributed by atoms with Gasteiger partial charge in [0.25, 0.3) is 17.7 Å². The van der Waals surface area contributed by atoms with Crippen molar-refractivity contribution in [1.82, 2.24) is 5.32 Å². The molecule has 0 aromatic heterocycles. The van der Waals surface area contributed by atoms with Gasteiger partial charge in [0, 0.05) is 17.8 Å². The molecule has 0 fully saturated rings. The Morgan fingerprint density at radius 3 is 2.32 bits per heavy atom. The monoisotopic (exact) mass is 473 g/mol. The van der Waals surface area contributed by atoms with Gasteiger partial charge in [-0.25, -0.2) is 4.90 Å². The summed E-state index contributed by atoms with van der Waals surface area (Å²) in [5, 5.41) is 5.70.